The summed E-state index contributed by atoms with van der Waals surface area (Å²) < 4.78 is 0. The van der Waals surface area contributed by atoms with Gasteiger partial charge in [0.15, 0.2) is 0 Å². The monoisotopic (exact) mass is 467 g/mol. The van der Waals surface area contributed by atoms with Crippen LogP contribution in [-0.4, -0.2) is 23.9 Å². The Bertz CT molecular complexity index is 1010. The summed E-state index contributed by atoms with van der Waals surface area (Å²) in [4.78, 5) is 27.4. The van der Waals surface area contributed by atoms with Crippen molar-refractivity contribution in [3.05, 3.63) is 23.2 Å². The molecule has 0 heterocycles. The van der Waals surface area contributed by atoms with Gasteiger partial charge in [-0.2, -0.15) is 0 Å². The highest BCUT2D eigenvalue weighted by Gasteiger charge is 2.67. The summed E-state index contributed by atoms with van der Waals surface area (Å²) in [6.45, 7) is 2.12. The Morgan fingerprint density at radius 1 is 1.24 bits per heavy atom. The molecule has 3 N–H and O–H groups in total. The summed E-state index contributed by atoms with van der Waals surface area (Å²) in [5.74, 6) is 2.55. The number of primary amides is 1. The molecule has 0 saturated heterocycles. The lowest BCUT2D eigenvalue weighted by Crippen LogP contribution is -2.58. The quantitative estimate of drug-likeness (QED) is 0.570. The largest absolute Gasteiger partial charge is 0.381 e. The molecule has 0 aromatic heterocycles. The van der Waals surface area contributed by atoms with Gasteiger partial charge < -0.3 is 11.1 Å². The van der Waals surface area contributed by atoms with Gasteiger partial charge in [0.25, 0.3) is 0 Å². The molecule has 1 spiro atoms. The lowest BCUT2D eigenvalue weighted by Gasteiger charge is -2.47. The van der Waals surface area contributed by atoms with Crippen molar-refractivity contribution in [2.24, 2.45) is 28.4 Å². The molecule has 2 amide bonds. The number of benzene rings is 1. The number of anilines is 2. The van der Waals surface area contributed by atoms with Gasteiger partial charge >= 0.3 is 5.91 Å². The van der Waals surface area contributed by atoms with Crippen LogP contribution in [0.1, 0.15) is 71.1 Å². The number of halogens is 1. The molecule has 4 saturated carbocycles. The maximum atomic E-state index is 13.0. The van der Waals surface area contributed by atoms with Gasteiger partial charge in [0.2, 0.25) is 5.91 Å². The summed E-state index contributed by atoms with van der Waals surface area (Å²) in [6, 6.07) is 5.08. The Hall–Kier alpha value is -2.19. The first-order chi connectivity index (χ1) is 15.7. The van der Waals surface area contributed by atoms with Crippen LogP contribution < -0.4 is 16.0 Å². The topological polar surface area (TPSA) is 75.4 Å². The number of rotatable bonds is 6. The Labute approximate surface area is 201 Å². The molecule has 5 unspecified atom stereocenters. The number of hydrogen-bond donors (Lipinski definition) is 2. The van der Waals surface area contributed by atoms with E-state index in [9.17, 15) is 9.59 Å². The van der Waals surface area contributed by atoms with Gasteiger partial charge in [-0.3, -0.25) is 14.5 Å². The van der Waals surface area contributed by atoms with E-state index in [0.717, 1.165) is 37.3 Å². The van der Waals surface area contributed by atoms with Crippen LogP contribution >= 0.6 is 11.6 Å². The molecule has 4 aliphatic carbocycles. The van der Waals surface area contributed by atoms with Gasteiger partial charge in [0.1, 0.15) is 6.04 Å². The Morgan fingerprint density at radius 3 is 2.64 bits per heavy atom. The van der Waals surface area contributed by atoms with Gasteiger partial charge in [0.05, 0.1) is 10.7 Å². The Kier molecular flexibility index (Phi) is 5.64. The summed E-state index contributed by atoms with van der Waals surface area (Å²) in [7, 11) is 0. The SMILES string of the molecule is C#CC(=O)N(c1ccc(NC2CCCCC2)c(Cl)c1)C(C(N)=O)C1(C)CC2CC3CC3(C2)C1. The summed E-state index contributed by atoms with van der Waals surface area (Å²) in [5, 5.41) is 4.06. The fourth-order valence-electron chi connectivity index (χ4n) is 7.74. The number of nitrogens with zero attached hydrogens (tertiary/aromatic N) is 1. The van der Waals surface area contributed by atoms with E-state index in [1.54, 1.807) is 6.07 Å². The van der Waals surface area contributed by atoms with Crippen LogP contribution in [0.4, 0.5) is 11.4 Å². The fourth-order valence-corrected chi connectivity index (χ4v) is 7.97. The third-order valence-corrected chi connectivity index (χ3v) is 9.22. The Balaban J connectivity index is 1.46. The van der Waals surface area contributed by atoms with Crippen molar-refractivity contribution in [3.63, 3.8) is 0 Å². The normalized spacial score (nSPS) is 33.5. The lowest BCUT2D eigenvalue weighted by molar-refractivity contribution is -0.126. The van der Waals surface area contributed by atoms with Crippen LogP contribution in [0.2, 0.25) is 5.02 Å². The predicted molar refractivity (Wildman–Crippen MR) is 132 cm³/mol. The zero-order valence-electron chi connectivity index (χ0n) is 19.4. The van der Waals surface area contributed by atoms with Gasteiger partial charge in [-0.1, -0.05) is 37.8 Å². The zero-order valence-corrected chi connectivity index (χ0v) is 20.2. The van der Waals surface area contributed by atoms with E-state index in [0.29, 0.717) is 28.1 Å². The maximum Gasteiger partial charge on any atom is 0.303 e. The Morgan fingerprint density at radius 2 is 2.00 bits per heavy atom. The second-order valence-electron chi connectivity index (χ2n) is 11.4. The zero-order chi connectivity index (χ0) is 23.4. The molecule has 1 aromatic carbocycles. The van der Waals surface area contributed by atoms with Gasteiger partial charge in [-0.05, 0) is 91.7 Å². The highest BCUT2D eigenvalue weighted by Crippen LogP contribution is 2.74. The molecule has 4 aliphatic rings. The number of terminal acetylenes is 1. The van der Waals surface area contributed by atoms with Gasteiger partial charge in [-0.25, -0.2) is 0 Å². The van der Waals surface area contributed by atoms with Crippen molar-refractivity contribution in [2.75, 3.05) is 10.2 Å². The van der Waals surface area contributed by atoms with E-state index < -0.39 is 23.3 Å². The number of hydrogen-bond acceptors (Lipinski definition) is 3. The van der Waals surface area contributed by atoms with Crippen molar-refractivity contribution in [1.82, 2.24) is 0 Å². The van der Waals surface area contributed by atoms with Crippen molar-refractivity contribution in [2.45, 2.75) is 83.2 Å². The van der Waals surface area contributed by atoms with E-state index >= 15 is 0 Å². The van der Waals surface area contributed by atoms with Crippen LogP contribution in [0.5, 0.6) is 0 Å². The molecule has 4 fully saturated rings. The van der Waals surface area contributed by atoms with Crippen LogP contribution in [-0.2, 0) is 9.59 Å². The number of nitrogens with one attached hydrogen (secondary N) is 1. The third-order valence-electron chi connectivity index (χ3n) is 8.91. The van der Waals surface area contributed by atoms with E-state index in [1.807, 2.05) is 12.1 Å². The number of carbonyl (C=O) groups is 2. The highest BCUT2D eigenvalue weighted by molar-refractivity contribution is 6.33. The first-order valence-electron chi connectivity index (χ1n) is 12.4. The molecular formula is C27H34ClN3O2. The lowest BCUT2D eigenvalue weighted by atomic mass is 9.63. The van der Waals surface area contributed by atoms with Crippen LogP contribution in [0.15, 0.2) is 18.2 Å². The molecule has 176 valence electrons. The minimum absolute atomic E-state index is 0.335. The second kappa shape index (κ2) is 8.24. The molecule has 1 aromatic rings. The highest BCUT2D eigenvalue weighted by atomic mass is 35.5. The minimum atomic E-state index is -0.798. The number of carbonyl (C=O) groups excluding carboxylic acids is 2. The molecule has 0 radical (unpaired) electrons. The molecule has 2 bridgehead atoms. The first kappa shape index (κ1) is 22.6. The standard InChI is InChI=1S/C27H34ClN3O2/c1-3-23(32)31(20-9-10-22(21(28)12-20)30-19-7-5-4-6-8-19)24(25(29)33)26(2)13-17-11-18-15-27(18,14-17)16-26/h1,9-10,12,17-19,24,30H,4-8,11,13-16H2,2H3,(H2,29,33). The number of nitrogens with two attached hydrogens (primary N) is 1. The van der Waals surface area contributed by atoms with E-state index in [2.05, 4.69) is 18.2 Å². The number of amides is 2. The van der Waals surface area contributed by atoms with Crippen LogP contribution in [0.3, 0.4) is 0 Å². The summed E-state index contributed by atoms with van der Waals surface area (Å²) >= 11 is 6.66. The molecule has 33 heavy (non-hydrogen) atoms. The van der Waals surface area contributed by atoms with Gasteiger partial charge in [0, 0.05) is 11.7 Å². The molecule has 5 atom stereocenters. The van der Waals surface area contributed by atoms with Crippen molar-refractivity contribution >= 4 is 34.8 Å². The average molecular weight is 468 g/mol. The fraction of sp³-hybridized carbons (Fsp3) is 0.630. The maximum absolute atomic E-state index is 13.0. The van der Waals surface area contributed by atoms with Crippen LogP contribution in [0, 0.1) is 35.0 Å². The third kappa shape index (κ3) is 4.01. The van der Waals surface area contributed by atoms with E-state index in [4.69, 9.17) is 23.8 Å². The smallest absolute Gasteiger partial charge is 0.303 e. The van der Waals surface area contributed by atoms with Crippen LogP contribution in [0.25, 0.3) is 0 Å². The molecule has 5 rings (SSSR count). The van der Waals surface area contributed by atoms with E-state index in [1.165, 1.54) is 43.4 Å². The van der Waals surface area contributed by atoms with Crippen molar-refractivity contribution in [3.8, 4) is 12.3 Å². The first-order valence-corrected chi connectivity index (χ1v) is 12.8. The summed E-state index contributed by atoms with van der Waals surface area (Å²) in [6.07, 6.45) is 17.1. The average Bonchev–Trinajstić information content (AvgIpc) is 3.33. The minimum Gasteiger partial charge on any atom is -0.381 e. The van der Waals surface area contributed by atoms with Gasteiger partial charge in [-0.15, -0.1) is 6.42 Å². The van der Waals surface area contributed by atoms with Crippen molar-refractivity contribution < 1.29 is 9.59 Å². The molecule has 0 aliphatic heterocycles. The van der Waals surface area contributed by atoms with E-state index in [-0.39, 0.29) is 0 Å². The summed E-state index contributed by atoms with van der Waals surface area (Å²) in [5.41, 5.74) is 7.30. The molecule has 6 heteroatoms. The number of fused-ring (bicyclic) bond motifs is 1. The molecular weight excluding hydrogens is 434 g/mol. The van der Waals surface area contributed by atoms with Crippen molar-refractivity contribution in [1.29, 1.82) is 0 Å². The predicted octanol–water partition coefficient (Wildman–Crippen LogP) is 5.12. The second-order valence-corrected chi connectivity index (χ2v) is 11.8. The molecule has 5 nitrogen and oxygen atoms in total.